The molecule has 0 fully saturated rings. The maximum Gasteiger partial charge on any atom is 0.200 e. The third kappa shape index (κ3) is 6.32. The molecule has 0 bridgehead atoms. The number of ether oxygens (including phenoxy) is 2. The van der Waals surface area contributed by atoms with Crippen molar-refractivity contribution in [2.45, 2.75) is 13.0 Å². The molecule has 0 aliphatic carbocycles. The molecule has 2 heterocycles. The molecule has 0 radical (unpaired) electrons. The summed E-state index contributed by atoms with van der Waals surface area (Å²) in [6, 6.07) is 20.4. The quantitative estimate of drug-likeness (QED) is 0.213. The Morgan fingerprint density at radius 3 is 2.19 bits per heavy atom. The molecular weight excluding hydrogens is 549 g/mol. The zero-order valence-electron chi connectivity index (χ0n) is 23.7. The molecule has 2 aromatic heterocycles. The number of hydrogen-bond acceptors (Lipinski definition) is 7. The molecule has 9 heteroatoms. The molecule has 0 amide bonds. The second-order valence-corrected chi connectivity index (χ2v) is 9.91. The van der Waals surface area contributed by atoms with E-state index in [4.69, 9.17) is 15.2 Å². The Labute approximate surface area is 247 Å². The van der Waals surface area contributed by atoms with Gasteiger partial charge in [0.25, 0.3) is 0 Å². The molecular formula is C34H30FN3O5. The van der Waals surface area contributed by atoms with Crippen molar-refractivity contribution in [3.63, 3.8) is 0 Å². The molecule has 0 unspecified atom stereocenters. The number of hydrogen-bond donors (Lipinski definition) is 2. The number of carbonyl (C=O) groups excluding carboxylic acids is 1. The number of carbonyl (C=O) groups is 1. The van der Waals surface area contributed by atoms with Gasteiger partial charge in [-0.25, -0.2) is 9.37 Å². The number of halogens is 1. The van der Waals surface area contributed by atoms with Gasteiger partial charge in [0.2, 0.25) is 0 Å². The number of aliphatic hydroxyl groups excluding tert-OH is 1. The zero-order chi connectivity index (χ0) is 30.5. The second-order valence-electron chi connectivity index (χ2n) is 9.91. The number of nitrogen functional groups attached to an aromatic ring is 1. The largest absolute Gasteiger partial charge is 0.493 e. The zero-order valence-corrected chi connectivity index (χ0v) is 23.7. The first-order valence-corrected chi connectivity index (χ1v) is 13.5. The summed E-state index contributed by atoms with van der Waals surface area (Å²) in [5.41, 5.74) is 10.5. The van der Waals surface area contributed by atoms with Crippen molar-refractivity contribution in [1.82, 2.24) is 9.55 Å². The minimum absolute atomic E-state index is 0.00424. The van der Waals surface area contributed by atoms with Crippen LogP contribution in [-0.2, 0) is 13.0 Å². The lowest BCUT2D eigenvalue weighted by molar-refractivity contribution is 0.0991. The summed E-state index contributed by atoms with van der Waals surface area (Å²) in [6.07, 6.45) is 4.69. The average Bonchev–Trinajstić information content (AvgIpc) is 3.02. The molecule has 218 valence electrons. The van der Waals surface area contributed by atoms with Crippen molar-refractivity contribution in [2.24, 2.45) is 0 Å². The van der Waals surface area contributed by atoms with Crippen molar-refractivity contribution in [3.05, 3.63) is 119 Å². The highest BCUT2D eigenvalue weighted by Crippen LogP contribution is 2.35. The van der Waals surface area contributed by atoms with E-state index in [9.17, 15) is 19.1 Å². The molecule has 3 aromatic carbocycles. The van der Waals surface area contributed by atoms with Crippen molar-refractivity contribution >= 4 is 11.6 Å². The van der Waals surface area contributed by atoms with E-state index in [1.54, 1.807) is 31.2 Å². The first-order chi connectivity index (χ1) is 20.8. The number of benzene rings is 3. The lowest BCUT2D eigenvalue weighted by atomic mass is 9.97. The van der Waals surface area contributed by atoms with Crippen LogP contribution in [-0.4, -0.2) is 41.3 Å². The van der Waals surface area contributed by atoms with Crippen molar-refractivity contribution in [3.8, 4) is 44.9 Å². The van der Waals surface area contributed by atoms with Gasteiger partial charge in [0.05, 0.1) is 26.4 Å². The van der Waals surface area contributed by atoms with Crippen molar-refractivity contribution in [1.29, 1.82) is 0 Å². The van der Waals surface area contributed by atoms with Crippen LogP contribution >= 0.6 is 0 Å². The predicted octanol–water partition coefficient (Wildman–Crippen LogP) is 5.40. The summed E-state index contributed by atoms with van der Waals surface area (Å²) < 4.78 is 25.8. The summed E-state index contributed by atoms with van der Waals surface area (Å²) in [5, 5.41) is 9.46. The Morgan fingerprint density at radius 1 is 0.860 bits per heavy atom. The van der Waals surface area contributed by atoms with Gasteiger partial charge in [-0.05, 0) is 52.6 Å². The lowest BCUT2D eigenvalue weighted by Crippen LogP contribution is -2.22. The van der Waals surface area contributed by atoms with Crippen LogP contribution in [0.2, 0.25) is 0 Å². The number of nitrogens with zero attached hydrogens (tertiary/aromatic N) is 2. The van der Waals surface area contributed by atoms with Gasteiger partial charge in [0.15, 0.2) is 22.7 Å². The van der Waals surface area contributed by atoms with E-state index in [0.717, 1.165) is 22.3 Å². The summed E-state index contributed by atoms with van der Waals surface area (Å²) in [5.74, 6) is 0.772. The first-order valence-electron chi connectivity index (χ1n) is 13.5. The van der Waals surface area contributed by atoms with E-state index in [1.165, 1.54) is 30.5 Å². The number of pyridine rings is 2. The monoisotopic (exact) mass is 579 g/mol. The number of ketones is 1. The van der Waals surface area contributed by atoms with Crippen LogP contribution in [0.4, 0.5) is 10.2 Å². The molecule has 0 saturated heterocycles. The molecule has 5 aromatic rings. The molecule has 43 heavy (non-hydrogen) atoms. The predicted molar refractivity (Wildman–Crippen MR) is 164 cm³/mol. The summed E-state index contributed by atoms with van der Waals surface area (Å²) in [4.78, 5) is 31.1. The number of aromatic nitrogens is 2. The van der Waals surface area contributed by atoms with Crippen LogP contribution in [0.5, 0.6) is 11.5 Å². The van der Waals surface area contributed by atoms with Crippen LogP contribution in [0.25, 0.3) is 33.4 Å². The topological polar surface area (TPSA) is 117 Å². The molecule has 3 N–H and O–H groups in total. The lowest BCUT2D eigenvalue weighted by Gasteiger charge is -2.12. The van der Waals surface area contributed by atoms with E-state index in [-0.39, 0.29) is 36.5 Å². The number of methoxy groups -OCH3 is 2. The molecule has 0 spiro atoms. The van der Waals surface area contributed by atoms with E-state index in [2.05, 4.69) is 4.98 Å². The Kier molecular flexibility index (Phi) is 8.64. The molecule has 5 rings (SSSR count). The molecule has 0 atom stereocenters. The average molecular weight is 580 g/mol. The smallest absolute Gasteiger partial charge is 0.200 e. The summed E-state index contributed by atoms with van der Waals surface area (Å²) in [6.45, 7) is 0.0211. The van der Waals surface area contributed by atoms with Crippen LogP contribution in [0.15, 0.2) is 96.2 Å². The maximum atomic E-state index is 13.5. The Morgan fingerprint density at radius 2 is 1.51 bits per heavy atom. The Balaban J connectivity index is 1.41. The van der Waals surface area contributed by atoms with Crippen molar-refractivity contribution < 1.29 is 23.8 Å². The Hall–Kier alpha value is -5.28. The third-order valence-electron chi connectivity index (χ3n) is 7.16. The minimum Gasteiger partial charge on any atom is -0.493 e. The minimum atomic E-state index is -0.451. The SMILES string of the molecule is COc1ccc(-c2cnc(N)c(-c3ccc(CC(=O)c4cn(CCO)cc(-c5ccc(F)cc5)c4=O)cc3)c2)cc1OC. The van der Waals surface area contributed by atoms with Crippen LogP contribution in [0.1, 0.15) is 15.9 Å². The summed E-state index contributed by atoms with van der Waals surface area (Å²) >= 11 is 0. The highest BCUT2D eigenvalue weighted by atomic mass is 19.1. The second kappa shape index (κ2) is 12.7. The number of anilines is 1. The highest BCUT2D eigenvalue weighted by molar-refractivity contribution is 5.98. The van der Waals surface area contributed by atoms with E-state index < -0.39 is 11.2 Å². The number of rotatable bonds is 10. The van der Waals surface area contributed by atoms with Crippen LogP contribution in [0, 0.1) is 5.82 Å². The van der Waals surface area contributed by atoms with Gasteiger partial charge in [0.1, 0.15) is 11.6 Å². The number of nitrogens with two attached hydrogens (primary N) is 1. The van der Waals surface area contributed by atoms with Gasteiger partial charge in [-0.1, -0.05) is 42.5 Å². The number of aliphatic hydroxyl groups is 1. The van der Waals surface area contributed by atoms with Crippen LogP contribution < -0.4 is 20.6 Å². The van der Waals surface area contributed by atoms with Gasteiger partial charge in [-0.15, -0.1) is 0 Å². The maximum absolute atomic E-state index is 13.5. The fourth-order valence-corrected chi connectivity index (χ4v) is 4.87. The van der Waals surface area contributed by atoms with E-state index in [1.807, 2.05) is 48.5 Å². The molecule has 0 aliphatic rings. The van der Waals surface area contributed by atoms with E-state index >= 15 is 0 Å². The van der Waals surface area contributed by atoms with Gasteiger partial charge < -0.3 is 24.9 Å². The van der Waals surface area contributed by atoms with E-state index in [0.29, 0.717) is 28.4 Å². The number of Topliss-reactive ketones (excluding diaryl/α,β-unsaturated/α-hetero) is 1. The van der Waals surface area contributed by atoms with Gasteiger partial charge >= 0.3 is 0 Å². The van der Waals surface area contributed by atoms with Gasteiger partial charge in [-0.3, -0.25) is 9.59 Å². The van der Waals surface area contributed by atoms with Gasteiger partial charge in [0, 0.05) is 48.2 Å². The normalized spacial score (nSPS) is 10.9. The van der Waals surface area contributed by atoms with Crippen molar-refractivity contribution in [2.75, 3.05) is 26.6 Å². The van der Waals surface area contributed by atoms with Crippen LogP contribution in [0.3, 0.4) is 0 Å². The standard InChI is InChI=1S/C34H30FN3O5/c1-42-31-12-9-24(17-32(31)43-2)25-16-27(34(36)37-18-25)22-5-3-21(4-6-22)15-30(40)29-20-38(13-14-39)19-28(33(29)41)23-7-10-26(35)11-8-23/h3-12,16-20,39H,13-15H2,1-2H3,(H2,36,37). The fraction of sp³-hybridized carbons (Fsp3) is 0.147. The molecule has 8 nitrogen and oxygen atoms in total. The first kappa shape index (κ1) is 29.2. The summed E-state index contributed by atoms with van der Waals surface area (Å²) in [7, 11) is 3.16. The van der Waals surface area contributed by atoms with Gasteiger partial charge in [-0.2, -0.15) is 0 Å². The fourth-order valence-electron chi connectivity index (χ4n) is 4.87. The Bertz CT molecular complexity index is 1830. The highest BCUT2D eigenvalue weighted by Gasteiger charge is 2.17. The molecule has 0 aliphatic heterocycles. The molecule has 0 saturated carbocycles. The third-order valence-corrected chi connectivity index (χ3v) is 7.16.